The van der Waals surface area contributed by atoms with Crippen LogP contribution in [0.5, 0.6) is 0 Å². The van der Waals surface area contributed by atoms with Crippen molar-refractivity contribution in [2.75, 3.05) is 13.6 Å². The molecule has 3 rings (SSSR count). The summed E-state index contributed by atoms with van der Waals surface area (Å²) in [6.45, 7) is 3.72. The molecule has 0 spiro atoms. The molecule has 0 aliphatic rings. The molecule has 0 bridgehead atoms. The first-order valence-electron chi connectivity index (χ1n) is 8.68. The van der Waals surface area contributed by atoms with Crippen LogP contribution < -0.4 is 10.6 Å². The quantitative estimate of drug-likeness (QED) is 0.226. The third kappa shape index (κ3) is 5.72. The summed E-state index contributed by atoms with van der Waals surface area (Å²) < 4.78 is 0. The number of nitrogens with one attached hydrogen (secondary N) is 3. The fraction of sp³-hybridized carbons (Fsp3) is 0.300. The summed E-state index contributed by atoms with van der Waals surface area (Å²) in [4.78, 5) is 12.2. The number of H-pyrrole nitrogens is 1. The molecule has 0 amide bonds. The van der Waals surface area contributed by atoms with Crippen LogP contribution in [0.3, 0.4) is 0 Å². The van der Waals surface area contributed by atoms with Gasteiger partial charge in [0, 0.05) is 26.6 Å². The highest BCUT2D eigenvalue weighted by Gasteiger charge is 2.02. The molecule has 0 atom stereocenters. The third-order valence-electron chi connectivity index (χ3n) is 4.13. The van der Waals surface area contributed by atoms with Crippen molar-refractivity contribution in [1.82, 2.24) is 20.6 Å². The summed E-state index contributed by atoms with van der Waals surface area (Å²) in [5, 5.41) is 6.69. The molecule has 0 fully saturated rings. The van der Waals surface area contributed by atoms with Gasteiger partial charge in [0.1, 0.15) is 5.82 Å². The molecular formula is C20H26IN5. The molecule has 0 aliphatic carbocycles. The molecular weight excluding hydrogens is 437 g/mol. The van der Waals surface area contributed by atoms with Gasteiger partial charge in [-0.15, -0.1) is 24.0 Å². The van der Waals surface area contributed by atoms with Crippen LogP contribution in [-0.4, -0.2) is 29.5 Å². The van der Waals surface area contributed by atoms with Crippen LogP contribution in [-0.2, 0) is 13.0 Å². The number of nitrogens with zero attached hydrogens (tertiary/aromatic N) is 2. The smallest absolute Gasteiger partial charge is 0.191 e. The van der Waals surface area contributed by atoms with Gasteiger partial charge in [-0.1, -0.05) is 42.0 Å². The average Bonchev–Trinajstić information content (AvgIpc) is 3.05. The molecule has 1 aromatic heterocycles. The number of para-hydroxylation sites is 2. The second kappa shape index (κ2) is 10.2. The zero-order valence-electron chi connectivity index (χ0n) is 15.2. The van der Waals surface area contributed by atoms with Gasteiger partial charge in [0.2, 0.25) is 0 Å². The van der Waals surface area contributed by atoms with Gasteiger partial charge in [-0.05, 0) is 31.0 Å². The van der Waals surface area contributed by atoms with Crippen LogP contribution in [0.4, 0.5) is 0 Å². The van der Waals surface area contributed by atoms with Crippen molar-refractivity contribution < 1.29 is 0 Å². The number of rotatable bonds is 6. The Labute approximate surface area is 171 Å². The number of halogens is 1. The number of guanidine groups is 1. The maximum absolute atomic E-state index is 4.60. The van der Waals surface area contributed by atoms with Crippen LogP contribution >= 0.6 is 24.0 Å². The Bertz CT molecular complexity index is 806. The van der Waals surface area contributed by atoms with Gasteiger partial charge in [-0.3, -0.25) is 4.99 Å². The molecule has 3 aromatic rings. The van der Waals surface area contributed by atoms with Crippen molar-refractivity contribution in [3.8, 4) is 0 Å². The summed E-state index contributed by atoms with van der Waals surface area (Å²) >= 11 is 0. The summed E-state index contributed by atoms with van der Waals surface area (Å²) in [5.41, 5.74) is 4.65. The number of aromatic amines is 1. The van der Waals surface area contributed by atoms with Crippen molar-refractivity contribution in [3.63, 3.8) is 0 Å². The number of aryl methyl sites for hydroxylation is 2. The molecule has 0 radical (unpaired) electrons. The number of hydrogen-bond acceptors (Lipinski definition) is 2. The highest BCUT2D eigenvalue weighted by molar-refractivity contribution is 14.0. The Hall–Kier alpha value is -2.09. The van der Waals surface area contributed by atoms with Gasteiger partial charge in [0.05, 0.1) is 11.0 Å². The molecule has 3 N–H and O–H groups in total. The Kier molecular flexibility index (Phi) is 7.90. The summed E-state index contributed by atoms with van der Waals surface area (Å²) in [6, 6.07) is 16.6. The Morgan fingerprint density at radius 1 is 1.08 bits per heavy atom. The predicted molar refractivity (Wildman–Crippen MR) is 119 cm³/mol. The second-order valence-corrected chi connectivity index (χ2v) is 6.14. The van der Waals surface area contributed by atoms with E-state index in [1.54, 1.807) is 7.05 Å². The molecule has 138 valence electrons. The zero-order valence-corrected chi connectivity index (χ0v) is 17.6. The number of fused-ring (bicyclic) bond motifs is 1. The minimum absolute atomic E-state index is 0. The Morgan fingerprint density at radius 3 is 2.58 bits per heavy atom. The van der Waals surface area contributed by atoms with E-state index in [4.69, 9.17) is 0 Å². The van der Waals surface area contributed by atoms with E-state index in [0.717, 1.165) is 48.7 Å². The van der Waals surface area contributed by atoms with Crippen molar-refractivity contribution in [2.45, 2.75) is 26.3 Å². The monoisotopic (exact) mass is 463 g/mol. The molecule has 1 heterocycles. The minimum atomic E-state index is 0. The van der Waals surface area contributed by atoms with Crippen molar-refractivity contribution >= 4 is 41.0 Å². The SMILES string of the molecule is CN=C(NCCCc1nc2ccccc2[nH]1)NCc1ccc(C)cc1.I. The molecule has 0 unspecified atom stereocenters. The lowest BCUT2D eigenvalue weighted by atomic mass is 10.1. The first-order chi connectivity index (χ1) is 12.2. The van der Waals surface area contributed by atoms with Gasteiger partial charge >= 0.3 is 0 Å². The summed E-state index contributed by atoms with van der Waals surface area (Å²) in [7, 11) is 1.80. The largest absolute Gasteiger partial charge is 0.356 e. The molecule has 2 aromatic carbocycles. The van der Waals surface area contributed by atoms with E-state index in [1.165, 1.54) is 11.1 Å². The topological polar surface area (TPSA) is 65.1 Å². The second-order valence-electron chi connectivity index (χ2n) is 6.14. The van der Waals surface area contributed by atoms with Crippen LogP contribution in [0.1, 0.15) is 23.4 Å². The van der Waals surface area contributed by atoms with Crippen LogP contribution in [0, 0.1) is 6.92 Å². The van der Waals surface area contributed by atoms with Crippen LogP contribution in [0.25, 0.3) is 11.0 Å². The van der Waals surface area contributed by atoms with E-state index in [2.05, 4.69) is 62.8 Å². The van der Waals surface area contributed by atoms with Crippen LogP contribution in [0.15, 0.2) is 53.5 Å². The Morgan fingerprint density at radius 2 is 1.85 bits per heavy atom. The highest BCUT2D eigenvalue weighted by Crippen LogP contribution is 2.11. The average molecular weight is 463 g/mol. The molecule has 0 aliphatic heterocycles. The number of imidazole rings is 1. The summed E-state index contributed by atoms with van der Waals surface area (Å²) in [5.74, 6) is 1.86. The Balaban J connectivity index is 0.00000243. The lowest BCUT2D eigenvalue weighted by Crippen LogP contribution is -2.37. The minimum Gasteiger partial charge on any atom is -0.356 e. The fourth-order valence-corrected chi connectivity index (χ4v) is 2.70. The maximum Gasteiger partial charge on any atom is 0.191 e. The van der Waals surface area contributed by atoms with E-state index < -0.39 is 0 Å². The normalized spacial score (nSPS) is 11.2. The van der Waals surface area contributed by atoms with E-state index in [-0.39, 0.29) is 24.0 Å². The highest BCUT2D eigenvalue weighted by atomic mass is 127. The fourth-order valence-electron chi connectivity index (χ4n) is 2.70. The number of aliphatic imine (C=N–C) groups is 1. The lowest BCUT2D eigenvalue weighted by Gasteiger charge is -2.11. The van der Waals surface area contributed by atoms with Gasteiger partial charge < -0.3 is 15.6 Å². The number of hydrogen-bond donors (Lipinski definition) is 3. The molecule has 0 saturated carbocycles. The van der Waals surface area contributed by atoms with Gasteiger partial charge in [-0.2, -0.15) is 0 Å². The van der Waals surface area contributed by atoms with E-state index in [1.807, 2.05) is 18.2 Å². The first kappa shape index (κ1) is 20.2. The van der Waals surface area contributed by atoms with Crippen molar-refractivity contribution in [1.29, 1.82) is 0 Å². The molecule has 0 saturated heterocycles. The molecule has 5 nitrogen and oxygen atoms in total. The van der Waals surface area contributed by atoms with Gasteiger partial charge in [0.15, 0.2) is 5.96 Å². The summed E-state index contributed by atoms with van der Waals surface area (Å²) in [6.07, 6.45) is 1.90. The lowest BCUT2D eigenvalue weighted by molar-refractivity contribution is 0.726. The zero-order chi connectivity index (χ0) is 17.5. The first-order valence-corrected chi connectivity index (χ1v) is 8.68. The standard InChI is InChI=1S/C20H25N5.HI/c1-15-9-11-16(12-10-15)14-23-20(21-2)22-13-5-8-19-24-17-6-3-4-7-18(17)25-19;/h3-4,6-7,9-12H,5,8,13-14H2,1-2H3,(H,24,25)(H2,21,22,23);1H. The van der Waals surface area contributed by atoms with Gasteiger partial charge in [-0.25, -0.2) is 4.98 Å². The third-order valence-corrected chi connectivity index (χ3v) is 4.13. The number of benzene rings is 2. The molecule has 6 heteroatoms. The van der Waals surface area contributed by atoms with E-state index in [0.29, 0.717) is 0 Å². The van der Waals surface area contributed by atoms with E-state index in [9.17, 15) is 0 Å². The van der Waals surface area contributed by atoms with Gasteiger partial charge in [0.25, 0.3) is 0 Å². The maximum atomic E-state index is 4.60. The van der Waals surface area contributed by atoms with E-state index >= 15 is 0 Å². The predicted octanol–water partition coefficient (Wildman–Crippen LogP) is 3.79. The number of aromatic nitrogens is 2. The van der Waals surface area contributed by atoms with Crippen LogP contribution in [0.2, 0.25) is 0 Å². The van der Waals surface area contributed by atoms with Crippen molar-refractivity contribution in [2.24, 2.45) is 4.99 Å². The molecule has 26 heavy (non-hydrogen) atoms. The van der Waals surface area contributed by atoms with Crippen molar-refractivity contribution in [3.05, 3.63) is 65.5 Å².